The van der Waals surface area contributed by atoms with E-state index in [1.807, 2.05) is 0 Å². The molecular weight excluding hydrogens is 332 g/mol. The van der Waals surface area contributed by atoms with Gasteiger partial charge in [0.15, 0.2) is 0 Å². The maximum absolute atomic E-state index is 12.5. The summed E-state index contributed by atoms with van der Waals surface area (Å²) in [5.41, 5.74) is 1.35. The Morgan fingerprint density at radius 2 is 1.83 bits per heavy atom. The van der Waals surface area contributed by atoms with Crippen LogP contribution in [0.2, 0.25) is 0 Å². The number of hydrogen-bond donors (Lipinski definition) is 1. The smallest absolute Gasteiger partial charge is 0.240 e. The van der Waals surface area contributed by atoms with Gasteiger partial charge in [0.1, 0.15) is 5.75 Å². The first-order valence-corrected chi connectivity index (χ1v) is 9.10. The van der Waals surface area contributed by atoms with Gasteiger partial charge in [0.05, 0.1) is 18.6 Å². The predicted octanol–water partition coefficient (Wildman–Crippen LogP) is 1.09. The fourth-order valence-corrected chi connectivity index (χ4v) is 3.62. The molecule has 1 amide bonds. The minimum atomic E-state index is -3.66. The van der Waals surface area contributed by atoms with Gasteiger partial charge in [-0.05, 0) is 37.1 Å². The summed E-state index contributed by atoms with van der Waals surface area (Å²) in [4.78, 5) is 13.3. The van der Waals surface area contributed by atoms with Gasteiger partial charge in [-0.15, -0.1) is 0 Å². The van der Waals surface area contributed by atoms with Crippen molar-refractivity contribution in [1.82, 2.24) is 9.62 Å². The second-order valence-electron chi connectivity index (χ2n) is 5.48. The van der Waals surface area contributed by atoms with E-state index >= 15 is 0 Å². The number of hydrogen-bond acceptors (Lipinski definition) is 5. The summed E-state index contributed by atoms with van der Waals surface area (Å²) in [6.07, 6.45) is 0. The first-order valence-electron chi connectivity index (χ1n) is 7.62. The third-order valence-electron chi connectivity index (χ3n) is 3.67. The molecule has 0 aliphatic rings. The van der Waals surface area contributed by atoms with Gasteiger partial charge in [-0.25, -0.2) is 13.1 Å². The number of nitrogens with one attached hydrogen (secondary N) is 1. The number of ether oxygens (including phenoxy) is 2. The number of methoxy groups -OCH3 is 2. The van der Waals surface area contributed by atoms with E-state index in [1.54, 1.807) is 40.2 Å². The molecule has 0 saturated carbocycles. The normalized spacial score (nSPS) is 11.4. The van der Waals surface area contributed by atoms with Gasteiger partial charge in [0.25, 0.3) is 0 Å². The van der Waals surface area contributed by atoms with Crippen LogP contribution in [0.3, 0.4) is 0 Å². The van der Waals surface area contributed by atoms with Crippen LogP contribution >= 0.6 is 0 Å². The SMILES string of the molecule is COCCN(CCNS(=O)(=O)c1cc(C)c(OC)cc1C)C(C)=O. The summed E-state index contributed by atoms with van der Waals surface area (Å²) in [5, 5.41) is 0. The van der Waals surface area contributed by atoms with Crippen LogP contribution in [0, 0.1) is 13.8 Å². The van der Waals surface area contributed by atoms with Gasteiger partial charge in [-0.3, -0.25) is 4.79 Å². The van der Waals surface area contributed by atoms with Crippen molar-refractivity contribution >= 4 is 15.9 Å². The molecule has 0 aromatic heterocycles. The third-order valence-corrected chi connectivity index (χ3v) is 5.27. The van der Waals surface area contributed by atoms with Crippen LogP contribution in [-0.2, 0) is 19.6 Å². The maximum atomic E-state index is 12.5. The number of benzene rings is 1. The van der Waals surface area contributed by atoms with Crippen LogP contribution in [-0.4, -0.2) is 59.7 Å². The van der Waals surface area contributed by atoms with E-state index in [0.717, 1.165) is 5.56 Å². The summed E-state index contributed by atoms with van der Waals surface area (Å²) >= 11 is 0. The molecule has 0 heterocycles. The first kappa shape index (κ1) is 20.4. The summed E-state index contributed by atoms with van der Waals surface area (Å²) < 4.78 is 37.7. The van der Waals surface area contributed by atoms with Gasteiger partial charge in [-0.1, -0.05) is 0 Å². The fraction of sp³-hybridized carbons (Fsp3) is 0.562. The van der Waals surface area contributed by atoms with Crippen LogP contribution in [0.15, 0.2) is 17.0 Å². The molecule has 0 radical (unpaired) electrons. The van der Waals surface area contributed by atoms with E-state index in [4.69, 9.17) is 9.47 Å². The minimum Gasteiger partial charge on any atom is -0.496 e. The van der Waals surface area contributed by atoms with Crippen LogP contribution in [0.1, 0.15) is 18.1 Å². The molecule has 8 heteroatoms. The molecule has 7 nitrogen and oxygen atoms in total. The third kappa shape index (κ3) is 5.47. The maximum Gasteiger partial charge on any atom is 0.240 e. The van der Waals surface area contributed by atoms with Crippen LogP contribution in [0.5, 0.6) is 5.75 Å². The lowest BCUT2D eigenvalue weighted by Crippen LogP contribution is -2.39. The van der Waals surface area contributed by atoms with Gasteiger partial charge in [-0.2, -0.15) is 0 Å². The van der Waals surface area contributed by atoms with Crippen LogP contribution in [0.4, 0.5) is 0 Å². The highest BCUT2D eigenvalue weighted by molar-refractivity contribution is 7.89. The first-order chi connectivity index (χ1) is 11.2. The molecule has 24 heavy (non-hydrogen) atoms. The number of rotatable bonds is 9. The average molecular weight is 358 g/mol. The number of sulfonamides is 1. The number of amides is 1. The molecule has 0 atom stereocenters. The summed E-state index contributed by atoms with van der Waals surface area (Å²) in [7, 11) is -0.557. The lowest BCUT2D eigenvalue weighted by molar-refractivity contribution is -0.129. The molecule has 136 valence electrons. The number of carbonyl (C=O) groups excluding carboxylic acids is 1. The zero-order chi connectivity index (χ0) is 18.3. The molecule has 0 unspecified atom stereocenters. The highest BCUT2D eigenvalue weighted by Gasteiger charge is 2.19. The number of carbonyl (C=O) groups is 1. The Morgan fingerprint density at radius 1 is 1.17 bits per heavy atom. The summed E-state index contributed by atoms with van der Waals surface area (Å²) in [5.74, 6) is 0.525. The Kier molecular flexibility index (Phi) is 7.65. The van der Waals surface area contributed by atoms with E-state index in [0.29, 0.717) is 24.5 Å². The van der Waals surface area contributed by atoms with Crippen molar-refractivity contribution in [1.29, 1.82) is 0 Å². The molecule has 1 aromatic rings. The zero-order valence-electron chi connectivity index (χ0n) is 14.9. The van der Waals surface area contributed by atoms with Crippen molar-refractivity contribution < 1.29 is 22.7 Å². The van der Waals surface area contributed by atoms with Crippen molar-refractivity contribution in [2.45, 2.75) is 25.7 Å². The van der Waals surface area contributed by atoms with Crippen LogP contribution < -0.4 is 9.46 Å². The Hall–Kier alpha value is -1.64. The number of nitrogens with zero attached hydrogens (tertiary/aromatic N) is 1. The topological polar surface area (TPSA) is 84.9 Å². The molecule has 0 aliphatic carbocycles. The van der Waals surface area contributed by atoms with E-state index in [1.165, 1.54) is 11.8 Å². The molecular formula is C16H26N2O5S. The van der Waals surface area contributed by atoms with Crippen molar-refractivity contribution in [3.05, 3.63) is 23.3 Å². The largest absolute Gasteiger partial charge is 0.496 e. The van der Waals surface area contributed by atoms with Crippen molar-refractivity contribution in [3.8, 4) is 5.75 Å². The highest BCUT2D eigenvalue weighted by atomic mass is 32.2. The molecule has 0 saturated heterocycles. The van der Waals surface area contributed by atoms with Gasteiger partial charge >= 0.3 is 0 Å². The molecule has 1 aromatic carbocycles. The Bertz CT molecular complexity index is 673. The lowest BCUT2D eigenvalue weighted by atomic mass is 10.1. The zero-order valence-corrected chi connectivity index (χ0v) is 15.7. The number of aryl methyl sites for hydroxylation is 2. The standard InChI is InChI=1S/C16H26N2O5S/c1-12-11-16(13(2)10-15(12)23-5)24(20,21)17-6-7-18(14(3)19)8-9-22-4/h10-11,17H,6-9H2,1-5H3. The molecule has 0 aliphatic heterocycles. The van der Waals surface area contributed by atoms with Gasteiger partial charge in [0, 0.05) is 33.7 Å². The average Bonchev–Trinajstić information content (AvgIpc) is 2.51. The monoisotopic (exact) mass is 358 g/mol. The molecule has 0 fully saturated rings. The van der Waals surface area contributed by atoms with E-state index in [2.05, 4.69) is 4.72 Å². The Labute approximate surface area is 144 Å². The fourth-order valence-electron chi connectivity index (χ4n) is 2.29. The molecule has 1 N–H and O–H groups in total. The van der Waals surface area contributed by atoms with Crippen molar-refractivity contribution in [3.63, 3.8) is 0 Å². The van der Waals surface area contributed by atoms with Gasteiger partial charge in [0.2, 0.25) is 15.9 Å². The lowest BCUT2D eigenvalue weighted by Gasteiger charge is -2.21. The predicted molar refractivity (Wildman–Crippen MR) is 91.8 cm³/mol. The summed E-state index contributed by atoms with van der Waals surface area (Å²) in [6, 6.07) is 3.29. The van der Waals surface area contributed by atoms with E-state index in [-0.39, 0.29) is 23.9 Å². The van der Waals surface area contributed by atoms with Crippen molar-refractivity contribution in [2.75, 3.05) is 40.5 Å². The second-order valence-corrected chi connectivity index (χ2v) is 7.22. The van der Waals surface area contributed by atoms with E-state index < -0.39 is 10.0 Å². The van der Waals surface area contributed by atoms with Crippen LogP contribution in [0.25, 0.3) is 0 Å². The quantitative estimate of drug-likeness (QED) is 0.714. The Balaban J connectivity index is 2.80. The Morgan fingerprint density at radius 3 is 2.38 bits per heavy atom. The molecule has 1 rings (SSSR count). The van der Waals surface area contributed by atoms with Crippen molar-refractivity contribution in [2.24, 2.45) is 0 Å². The second kappa shape index (κ2) is 9.00. The minimum absolute atomic E-state index is 0.122. The molecule has 0 bridgehead atoms. The summed E-state index contributed by atoms with van der Waals surface area (Å²) in [6.45, 7) is 6.21. The molecule has 0 spiro atoms. The highest BCUT2D eigenvalue weighted by Crippen LogP contribution is 2.25. The van der Waals surface area contributed by atoms with E-state index in [9.17, 15) is 13.2 Å². The van der Waals surface area contributed by atoms with Gasteiger partial charge < -0.3 is 14.4 Å².